The highest BCUT2D eigenvalue weighted by Crippen LogP contribution is 2.65. The summed E-state index contributed by atoms with van der Waals surface area (Å²) in [7, 11) is -7.32. The lowest BCUT2D eigenvalue weighted by Crippen LogP contribution is -2.55. The molecule has 0 radical (unpaired) electrons. The van der Waals surface area contributed by atoms with Crippen molar-refractivity contribution in [2.24, 2.45) is 0 Å². The van der Waals surface area contributed by atoms with Gasteiger partial charge < -0.3 is 17.7 Å². The van der Waals surface area contributed by atoms with Crippen LogP contribution in [0.25, 0.3) is 0 Å². The molecule has 0 amide bonds. The summed E-state index contributed by atoms with van der Waals surface area (Å²) in [6.45, 7) is 0. The minimum atomic E-state index is -7.32. The van der Waals surface area contributed by atoms with Gasteiger partial charge in [-0.05, 0) is 0 Å². The molecule has 2 aliphatic heterocycles. The van der Waals surface area contributed by atoms with E-state index in [1.165, 1.54) is 0 Å². The summed E-state index contributed by atoms with van der Waals surface area (Å²) >= 11 is 0. The van der Waals surface area contributed by atoms with Crippen molar-refractivity contribution in [1.82, 2.24) is 0 Å². The largest absolute Gasteiger partial charge is 0.967 e. The number of halogens is 24. The lowest BCUT2D eigenvalue weighted by atomic mass is 9.92. The second-order valence-electron chi connectivity index (χ2n) is 9.21. The van der Waals surface area contributed by atoms with E-state index < -0.39 is 126 Å². The van der Waals surface area contributed by atoms with Crippen molar-refractivity contribution in [3.8, 4) is 23.0 Å². The number of fused-ring (bicyclic) bond motifs is 2. The summed E-state index contributed by atoms with van der Waals surface area (Å²) in [5.41, 5.74) is -33.0. The van der Waals surface area contributed by atoms with Crippen LogP contribution in [0.3, 0.4) is 0 Å². The Labute approximate surface area is 250 Å². The van der Waals surface area contributed by atoms with Gasteiger partial charge in [-0.1, -0.05) is 0 Å². The van der Waals surface area contributed by atoms with Crippen LogP contribution in [-0.4, -0.2) is 9.05 Å². The third kappa shape index (κ3) is 6.25. The first kappa shape index (κ1) is 38.0. The van der Waals surface area contributed by atoms with Crippen LogP contribution in [0.1, 0.15) is 44.5 Å². The number of hydrogen-bond donors (Lipinski definition) is 0. The van der Waals surface area contributed by atoms with Crippen molar-refractivity contribution < 1.29 is 123 Å². The minimum absolute atomic E-state index is 3.27. The molecular weight excluding hydrogens is 788 g/mol. The molecule has 2 aromatic carbocycles. The second-order valence-corrected chi connectivity index (χ2v) is 11.0. The zero-order valence-electron chi connectivity index (χ0n) is 21.2. The third-order valence-corrected chi connectivity index (χ3v) is 7.81. The standard InChI is InChI=1S/C20F24O4Si/c21-13(22,23)1-2(14(24,25)26)6(18(36,37)38)10-9(5(1)17(33,34)35)45-49(46-10)47-11-7(19(39,40)41)3(15(27,28)29)4(16(30,31)32)8(12(11)48-49)20(42,43)44. The van der Waals surface area contributed by atoms with Gasteiger partial charge >= 0.3 is 58.5 Å². The van der Waals surface area contributed by atoms with Crippen LogP contribution >= 0.6 is 0 Å². The number of alkyl halides is 24. The minimum Gasteiger partial charge on any atom is -0.448 e. The van der Waals surface area contributed by atoms with Crippen molar-refractivity contribution in [2.45, 2.75) is 49.4 Å². The number of rotatable bonds is 0. The van der Waals surface area contributed by atoms with E-state index in [4.69, 9.17) is 0 Å². The summed E-state index contributed by atoms with van der Waals surface area (Å²) in [5.74, 6) is -13.1. The first-order chi connectivity index (χ1) is 21.4. The van der Waals surface area contributed by atoms with E-state index in [9.17, 15) is 105 Å². The molecule has 0 saturated carbocycles. The zero-order chi connectivity index (χ0) is 38.3. The molecule has 0 atom stereocenters. The second kappa shape index (κ2) is 10.1. The molecule has 0 saturated heterocycles. The molecule has 0 aliphatic carbocycles. The van der Waals surface area contributed by atoms with Gasteiger partial charge in [0, 0.05) is 0 Å². The maximum Gasteiger partial charge on any atom is 0.967 e. The van der Waals surface area contributed by atoms with Crippen LogP contribution in [0.2, 0.25) is 0 Å². The van der Waals surface area contributed by atoms with Crippen LogP contribution in [0.15, 0.2) is 0 Å². The Balaban J connectivity index is 2.23. The average Bonchev–Trinajstić information content (AvgIpc) is 3.33. The van der Waals surface area contributed by atoms with E-state index in [0.29, 0.717) is 0 Å². The Morgan fingerprint density at radius 1 is 0.224 bits per heavy atom. The monoisotopic (exact) mass is 788 g/mol. The van der Waals surface area contributed by atoms with Gasteiger partial charge in [0.1, 0.15) is 22.3 Å². The predicted octanol–water partition coefficient (Wildman–Crippen LogP) is 10.5. The van der Waals surface area contributed by atoms with Crippen molar-refractivity contribution in [2.75, 3.05) is 0 Å². The molecule has 4 rings (SSSR count). The maximum atomic E-state index is 13.9. The quantitative estimate of drug-likeness (QED) is 0.197. The molecular formula is C20F24O4Si. The third-order valence-electron chi connectivity index (χ3n) is 6.00. The maximum absolute atomic E-state index is 13.9. The molecule has 0 unspecified atom stereocenters. The van der Waals surface area contributed by atoms with Gasteiger partial charge in [0.05, 0.1) is 22.3 Å². The Hall–Kier alpha value is -3.82. The van der Waals surface area contributed by atoms with Crippen LogP contribution in [0.5, 0.6) is 23.0 Å². The van der Waals surface area contributed by atoms with E-state index in [1.807, 2.05) is 0 Å². The van der Waals surface area contributed by atoms with Gasteiger partial charge in [-0.15, -0.1) is 0 Å². The normalized spacial score (nSPS) is 17.0. The predicted molar refractivity (Wildman–Crippen MR) is 101 cm³/mol. The molecule has 0 aromatic heterocycles. The van der Waals surface area contributed by atoms with Crippen molar-refractivity contribution in [3.63, 3.8) is 0 Å². The van der Waals surface area contributed by atoms with E-state index in [0.717, 1.165) is 0 Å². The van der Waals surface area contributed by atoms with Crippen LogP contribution in [0, 0.1) is 0 Å². The van der Waals surface area contributed by atoms with Crippen molar-refractivity contribution >= 4 is 9.05 Å². The summed E-state index contributed by atoms with van der Waals surface area (Å²) in [6.07, 6.45) is -56.5. The first-order valence-electron chi connectivity index (χ1n) is 11.2. The molecule has 0 N–H and O–H groups in total. The van der Waals surface area contributed by atoms with Gasteiger partial charge in [0.25, 0.3) is 0 Å². The molecule has 2 aliphatic rings. The van der Waals surface area contributed by atoms with Crippen LogP contribution in [0.4, 0.5) is 105 Å². The SMILES string of the molecule is FC(F)(F)c1c2c(c(C(F)(F)F)c(C(F)(F)F)c1C(F)(F)F)O[Si]1(O2)Oc2c(c(C(F)(F)F)c(C(F)(F)F)c(C(F)(F)F)c2C(F)(F)F)O1. The molecule has 276 valence electrons. The summed E-state index contributed by atoms with van der Waals surface area (Å²) in [6, 6.07) is 0. The molecule has 0 fully saturated rings. The van der Waals surface area contributed by atoms with Gasteiger partial charge in [-0.25, -0.2) is 0 Å². The van der Waals surface area contributed by atoms with Crippen molar-refractivity contribution in [1.29, 1.82) is 0 Å². The fourth-order valence-electron chi connectivity index (χ4n) is 4.64. The van der Waals surface area contributed by atoms with Gasteiger partial charge in [-0.3, -0.25) is 0 Å². The lowest BCUT2D eigenvalue weighted by molar-refractivity contribution is -0.183. The zero-order valence-corrected chi connectivity index (χ0v) is 22.2. The number of benzene rings is 2. The molecule has 49 heavy (non-hydrogen) atoms. The molecule has 2 aromatic rings. The summed E-state index contributed by atoms with van der Waals surface area (Å²) in [5, 5.41) is 0. The lowest BCUT2D eigenvalue weighted by Gasteiger charge is -2.25. The fraction of sp³-hybridized carbons (Fsp3) is 0.400. The summed E-state index contributed by atoms with van der Waals surface area (Å²) < 4.78 is 347. The van der Waals surface area contributed by atoms with E-state index in [2.05, 4.69) is 17.7 Å². The Morgan fingerprint density at radius 2 is 0.347 bits per heavy atom. The van der Waals surface area contributed by atoms with Gasteiger partial charge in [-0.2, -0.15) is 105 Å². The van der Waals surface area contributed by atoms with Gasteiger partial charge in [0.15, 0.2) is 23.0 Å². The Bertz CT molecular complexity index is 1450. The fourth-order valence-corrected chi connectivity index (χ4v) is 6.67. The highest BCUT2D eigenvalue weighted by atomic mass is 28.4. The molecule has 4 nitrogen and oxygen atoms in total. The molecule has 1 spiro atoms. The summed E-state index contributed by atoms with van der Waals surface area (Å²) in [4.78, 5) is 0. The highest BCUT2D eigenvalue weighted by Gasteiger charge is 2.74. The Morgan fingerprint density at radius 3 is 0.449 bits per heavy atom. The number of hydrogen-bond acceptors (Lipinski definition) is 4. The molecule has 2 heterocycles. The highest BCUT2D eigenvalue weighted by molar-refractivity contribution is 6.59. The van der Waals surface area contributed by atoms with Crippen molar-refractivity contribution in [3.05, 3.63) is 44.5 Å². The first-order valence-corrected chi connectivity index (χ1v) is 12.8. The molecule has 29 heteroatoms. The smallest absolute Gasteiger partial charge is 0.448 e. The molecule has 0 bridgehead atoms. The topological polar surface area (TPSA) is 36.9 Å². The average molecular weight is 788 g/mol. The van der Waals surface area contributed by atoms with E-state index in [1.54, 1.807) is 0 Å². The Kier molecular flexibility index (Phi) is 7.85. The van der Waals surface area contributed by atoms with E-state index >= 15 is 0 Å². The van der Waals surface area contributed by atoms with Crippen LogP contribution < -0.4 is 17.7 Å². The van der Waals surface area contributed by atoms with Gasteiger partial charge in [0.2, 0.25) is 0 Å². The van der Waals surface area contributed by atoms with Crippen LogP contribution in [-0.2, 0) is 49.4 Å². The van der Waals surface area contributed by atoms with E-state index in [-0.39, 0.29) is 0 Å².